The molecule has 0 N–H and O–H groups in total. The zero-order valence-corrected chi connectivity index (χ0v) is 12.6. The number of halogens is 1. The van der Waals surface area contributed by atoms with E-state index >= 15 is 0 Å². The molecule has 1 aromatic carbocycles. The van der Waals surface area contributed by atoms with Crippen molar-refractivity contribution in [1.29, 1.82) is 0 Å². The van der Waals surface area contributed by atoms with Gasteiger partial charge in [0.15, 0.2) is 0 Å². The van der Waals surface area contributed by atoms with Gasteiger partial charge in [-0.05, 0) is 51.5 Å². The van der Waals surface area contributed by atoms with E-state index in [0.29, 0.717) is 0 Å². The first kappa shape index (κ1) is 13.9. The fraction of sp³-hybridized carbons (Fsp3) is 0.312. The SMILES string of the molecule is CCn1c(C)cc(C=Nc2cc(Cl)ccc2C)c1C. The van der Waals surface area contributed by atoms with E-state index < -0.39 is 0 Å². The molecule has 2 aromatic rings. The minimum Gasteiger partial charge on any atom is -0.349 e. The van der Waals surface area contributed by atoms with E-state index in [1.54, 1.807) is 0 Å². The molecule has 2 rings (SSSR count). The highest BCUT2D eigenvalue weighted by molar-refractivity contribution is 6.30. The molecule has 3 heteroatoms. The monoisotopic (exact) mass is 274 g/mol. The van der Waals surface area contributed by atoms with Crippen LogP contribution in [0.3, 0.4) is 0 Å². The van der Waals surface area contributed by atoms with Gasteiger partial charge in [0.1, 0.15) is 0 Å². The Morgan fingerprint density at radius 2 is 1.95 bits per heavy atom. The Bertz CT molecular complexity index is 624. The minimum absolute atomic E-state index is 0.719. The van der Waals surface area contributed by atoms with Crippen molar-refractivity contribution >= 4 is 23.5 Å². The van der Waals surface area contributed by atoms with Crippen LogP contribution in [0, 0.1) is 20.8 Å². The summed E-state index contributed by atoms with van der Waals surface area (Å²) in [5.41, 5.74) is 5.74. The predicted octanol–water partition coefficient (Wildman–Crippen LogP) is 4.84. The van der Waals surface area contributed by atoms with E-state index in [-0.39, 0.29) is 0 Å². The van der Waals surface area contributed by atoms with Crippen molar-refractivity contribution in [3.63, 3.8) is 0 Å². The van der Waals surface area contributed by atoms with E-state index in [4.69, 9.17) is 11.6 Å². The van der Waals surface area contributed by atoms with Crippen LogP contribution in [-0.2, 0) is 6.54 Å². The number of nitrogens with zero attached hydrogens (tertiary/aromatic N) is 2. The number of hydrogen-bond donors (Lipinski definition) is 0. The van der Waals surface area contributed by atoms with Crippen LogP contribution in [-0.4, -0.2) is 10.8 Å². The Balaban J connectivity index is 2.35. The highest BCUT2D eigenvalue weighted by Crippen LogP contribution is 2.23. The Morgan fingerprint density at radius 3 is 2.58 bits per heavy atom. The number of aliphatic imine (C=N–C) groups is 1. The average molecular weight is 275 g/mol. The first-order valence-electron chi connectivity index (χ1n) is 6.50. The smallest absolute Gasteiger partial charge is 0.0673 e. The summed E-state index contributed by atoms with van der Waals surface area (Å²) in [6.07, 6.45) is 1.92. The molecule has 0 amide bonds. The third-order valence-corrected chi connectivity index (χ3v) is 3.68. The molecule has 1 aromatic heterocycles. The Labute approximate surface area is 119 Å². The molecular formula is C16H19ClN2. The van der Waals surface area contributed by atoms with E-state index in [1.165, 1.54) is 17.0 Å². The van der Waals surface area contributed by atoms with Crippen molar-refractivity contribution in [3.8, 4) is 0 Å². The second-order valence-corrected chi connectivity index (χ2v) is 5.20. The van der Waals surface area contributed by atoms with Gasteiger partial charge in [0, 0.05) is 34.7 Å². The Morgan fingerprint density at radius 1 is 1.21 bits per heavy atom. The molecule has 0 fully saturated rings. The largest absolute Gasteiger partial charge is 0.349 e. The fourth-order valence-corrected chi connectivity index (χ4v) is 2.47. The van der Waals surface area contributed by atoms with Crippen LogP contribution in [0.5, 0.6) is 0 Å². The molecule has 0 bridgehead atoms. The number of rotatable bonds is 3. The van der Waals surface area contributed by atoms with Gasteiger partial charge in [0.25, 0.3) is 0 Å². The third kappa shape index (κ3) is 2.90. The van der Waals surface area contributed by atoms with Crippen molar-refractivity contribution < 1.29 is 0 Å². The normalized spacial score (nSPS) is 11.4. The van der Waals surface area contributed by atoms with Gasteiger partial charge >= 0.3 is 0 Å². The average Bonchev–Trinajstić information content (AvgIpc) is 2.65. The molecule has 100 valence electrons. The van der Waals surface area contributed by atoms with Crippen molar-refractivity contribution in [1.82, 2.24) is 4.57 Å². The molecule has 0 saturated heterocycles. The summed E-state index contributed by atoms with van der Waals surface area (Å²) >= 11 is 6.00. The fourth-order valence-electron chi connectivity index (χ4n) is 2.31. The zero-order valence-electron chi connectivity index (χ0n) is 11.9. The molecule has 0 aliphatic rings. The van der Waals surface area contributed by atoms with Gasteiger partial charge in [-0.3, -0.25) is 4.99 Å². The Kier molecular flexibility index (Phi) is 4.11. The lowest BCUT2D eigenvalue weighted by atomic mass is 10.2. The number of aryl methyl sites for hydroxylation is 2. The molecule has 0 aliphatic carbocycles. The predicted molar refractivity (Wildman–Crippen MR) is 83.0 cm³/mol. The maximum Gasteiger partial charge on any atom is 0.0673 e. The molecule has 0 unspecified atom stereocenters. The van der Waals surface area contributed by atoms with Gasteiger partial charge in [-0.2, -0.15) is 0 Å². The molecule has 0 radical (unpaired) electrons. The van der Waals surface area contributed by atoms with Crippen LogP contribution in [0.25, 0.3) is 0 Å². The van der Waals surface area contributed by atoms with Gasteiger partial charge in [0.05, 0.1) is 5.69 Å². The van der Waals surface area contributed by atoms with Crippen LogP contribution < -0.4 is 0 Å². The second-order valence-electron chi connectivity index (χ2n) is 4.76. The van der Waals surface area contributed by atoms with E-state index in [1.807, 2.05) is 31.3 Å². The summed E-state index contributed by atoms with van der Waals surface area (Å²) in [6, 6.07) is 7.94. The minimum atomic E-state index is 0.719. The molecule has 0 spiro atoms. The molecule has 2 nitrogen and oxygen atoms in total. The molecule has 0 aliphatic heterocycles. The van der Waals surface area contributed by atoms with Crippen molar-refractivity contribution in [2.24, 2.45) is 4.99 Å². The standard InChI is InChI=1S/C16H19ClN2/c1-5-19-12(3)8-14(13(19)4)10-18-16-9-15(17)7-6-11(16)2/h6-10H,5H2,1-4H3. The van der Waals surface area contributed by atoms with Gasteiger partial charge in [0.2, 0.25) is 0 Å². The summed E-state index contributed by atoms with van der Waals surface area (Å²) in [4.78, 5) is 4.56. The summed E-state index contributed by atoms with van der Waals surface area (Å²) in [7, 11) is 0. The first-order valence-corrected chi connectivity index (χ1v) is 6.87. The van der Waals surface area contributed by atoms with Crippen LogP contribution in [0.4, 0.5) is 5.69 Å². The summed E-state index contributed by atoms with van der Waals surface area (Å²) in [5.74, 6) is 0. The summed E-state index contributed by atoms with van der Waals surface area (Å²) in [6.45, 7) is 9.43. The van der Waals surface area contributed by atoms with E-state index in [0.717, 1.165) is 22.8 Å². The van der Waals surface area contributed by atoms with Gasteiger partial charge < -0.3 is 4.57 Å². The molecule has 19 heavy (non-hydrogen) atoms. The number of benzene rings is 1. The van der Waals surface area contributed by atoms with Crippen LogP contribution in [0.15, 0.2) is 29.3 Å². The zero-order chi connectivity index (χ0) is 14.0. The quantitative estimate of drug-likeness (QED) is 0.713. The van der Waals surface area contributed by atoms with Gasteiger partial charge in [-0.25, -0.2) is 0 Å². The van der Waals surface area contributed by atoms with Crippen LogP contribution in [0.1, 0.15) is 29.4 Å². The highest BCUT2D eigenvalue weighted by Gasteiger charge is 2.05. The molecular weight excluding hydrogens is 256 g/mol. The number of hydrogen-bond acceptors (Lipinski definition) is 1. The van der Waals surface area contributed by atoms with E-state index in [9.17, 15) is 0 Å². The van der Waals surface area contributed by atoms with Crippen molar-refractivity contribution in [3.05, 3.63) is 51.8 Å². The third-order valence-electron chi connectivity index (χ3n) is 3.44. The Hall–Kier alpha value is -1.54. The van der Waals surface area contributed by atoms with E-state index in [2.05, 4.69) is 36.4 Å². The van der Waals surface area contributed by atoms with Crippen LogP contribution in [0.2, 0.25) is 5.02 Å². The summed E-state index contributed by atoms with van der Waals surface area (Å²) < 4.78 is 2.28. The summed E-state index contributed by atoms with van der Waals surface area (Å²) in [5, 5.41) is 0.719. The maximum atomic E-state index is 6.00. The lowest BCUT2D eigenvalue weighted by molar-refractivity contribution is 0.718. The van der Waals surface area contributed by atoms with Gasteiger partial charge in [-0.1, -0.05) is 17.7 Å². The highest BCUT2D eigenvalue weighted by atomic mass is 35.5. The molecule has 0 atom stereocenters. The van der Waals surface area contributed by atoms with Crippen molar-refractivity contribution in [2.45, 2.75) is 34.2 Å². The first-order chi connectivity index (χ1) is 9.02. The second kappa shape index (κ2) is 5.62. The molecule has 1 heterocycles. The molecule has 0 saturated carbocycles. The van der Waals surface area contributed by atoms with Gasteiger partial charge in [-0.15, -0.1) is 0 Å². The lowest BCUT2D eigenvalue weighted by Crippen LogP contribution is -1.99. The lowest BCUT2D eigenvalue weighted by Gasteiger charge is -2.04. The topological polar surface area (TPSA) is 17.3 Å². The number of aromatic nitrogens is 1. The van der Waals surface area contributed by atoms with Crippen LogP contribution >= 0.6 is 11.6 Å². The van der Waals surface area contributed by atoms with Crippen molar-refractivity contribution in [2.75, 3.05) is 0 Å². The maximum absolute atomic E-state index is 6.00.